The fraction of sp³-hybridized carbons (Fsp3) is 0.500. The molecule has 0 spiro atoms. The Morgan fingerprint density at radius 1 is 1.53 bits per heavy atom. The van der Waals surface area contributed by atoms with Gasteiger partial charge in [0.2, 0.25) is 0 Å². The molecule has 0 bridgehead atoms. The summed E-state index contributed by atoms with van der Waals surface area (Å²) in [6.07, 6.45) is 4.63. The van der Waals surface area contributed by atoms with Gasteiger partial charge in [-0.05, 0) is 42.0 Å². The summed E-state index contributed by atoms with van der Waals surface area (Å²) in [6.45, 7) is 0. The second kappa shape index (κ2) is 5.28. The summed E-state index contributed by atoms with van der Waals surface area (Å²) in [5.41, 5.74) is 8.91. The lowest BCUT2D eigenvalue weighted by Gasteiger charge is -2.18. The molecule has 0 saturated heterocycles. The van der Waals surface area contributed by atoms with E-state index in [1.54, 1.807) is 0 Å². The number of aryl methyl sites for hydroxylation is 1. The molecular formula is C12H17NS2. The molecule has 0 saturated carbocycles. The molecule has 1 atom stereocenters. The lowest BCUT2D eigenvalue weighted by Crippen LogP contribution is -2.13. The Hall–Kier alpha value is -0.120. The van der Waals surface area contributed by atoms with E-state index in [1.165, 1.54) is 34.6 Å². The van der Waals surface area contributed by atoms with Crippen LogP contribution in [-0.2, 0) is 6.42 Å². The maximum absolute atomic E-state index is 6.11. The fourth-order valence-corrected chi connectivity index (χ4v) is 3.46. The maximum atomic E-state index is 6.11. The summed E-state index contributed by atoms with van der Waals surface area (Å²) in [5.74, 6) is 2.27. The van der Waals surface area contributed by atoms with Crippen LogP contribution in [0.5, 0.6) is 0 Å². The number of fused-ring (bicyclic) bond motifs is 1. The molecule has 1 unspecified atom stereocenters. The van der Waals surface area contributed by atoms with Gasteiger partial charge in [0.25, 0.3) is 0 Å². The first-order valence-corrected chi connectivity index (χ1v) is 7.69. The monoisotopic (exact) mass is 239 g/mol. The normalized spacial score (nSPS) is 17.2. The SMILES string of the molecule is CSCC(N)c1ccc2c(c1)CCCS2. The van der Waals surface area contributed by atoms with Gasteiger partial charge in [-0.15, -0.1) is 11.8 Å². The Bertz CT molecular complexity index is 338. The highest BCUT2D eigenvalue weighted by Crippen LogP contribution is 2.31. The predicted octanol–water partition coefficient (Wildman–Crippen LogP) is 3.09. The quantitative estimate of drug-likeness (QED) is 0.878. The van der Waals surface area contributed by atoms with Gasteiger partial charge in [0.15, 0.2) is 0 Å². The van der Waals surface area contributed by atoms with Crippen molar-refractivity contribution >= 4 is 23.5 Å². The Morgan fingerprint density at radius 2 is 2.40 bits per heavy atom. The van der Waals surface area contributed by atoms with Crippen LogP contribution < -0.4 is 5.73 Å². The van der Waals surface area contributed by atoms with E-state index in [-0.39, 0.29) is 6.04 Å². The highest BCUT2D eigenvalue weighted by Gasteiger charge is 2.12. The molecule has 1 nitrogen and oxygen atoms in total. The van der Waals surface area contributed by atoms with Crippen LogP contribution in [0.25, 0.3) is 0 Å². The van der Waals surface area contributed by atoms with Crippen molar-refractivity contribution < 1.29 is 0 Å². The van der Waals surface area contributed by atoms with Crippen LogP contribution in [0.15, 0.2) is 23.1 Å². The number of rotatable bonds is 3. The number of hydrogen-bond donors (Lipinski definition) is 1. The van der Waals surface area contributed by atoms with Crippen LogP contribution >= 0.6 is 23.5 Å². The lowest BCUT2D eigenvalue weighted by molar-refractivity contribution is 0.816. The van der Waals surface area contributed by atoms with Crippen molar-refractivity contribution in [2.75, 3.05) is 17.8 Å². The van der Waals surface area contributed by atoms with Crippen LogP contribution in [0.2, 0.25) is 0 Å². The van der Waals surface area contributed by atoms with Crippen molar-refractivity contribution in [2.45, 2.75) is 23.8 Å². The second-order valence-electron chi connectivity index (χ2n) is 3.88. The smallest absolute Gasteiger partial charge is 0.0386 e. The van der Waals surface area contributed by atoms with Crippen molar-refractivity contribution in [3.8, 4) is 0 Å². The molecule has 2 rings (SSSR count). The van der Waals surface area contributed by atoms with Crippen LogP contribution in [0.1, 0.15) is 23.6 Å². The fourth-order valence-electron chi connectivity index (χ4n) is 1.89. The van der Waals surface area contributed by atoms with E-state index in [0.717, 1.165) is 5.75 Å². The first kappa shape index (κ1) is 11.4. The van der Waals surface area contributed by atoms with E-state index in [1.807, 2.05) is 23.5 Å². The topological polar surface area (TPSA) is 26.0 Å². The maximum Gasteiger partial charge on any atom is 0.0386 e. The molecule has 0 fully saturated rings. The lowest BCUT2D eigenvalue weighted by atomic mass is 10.0. The Kier molecular flexibility index (Phi) is 4.00. The largest absolute Gasteiger partial charge is 0.323 e. The third-order valence-corrected chi connectivity index (χ3v) is 4.60. The Labute approximate surface area is 100 Å². The molecule has 0 aliphatic carbocycles. The van der Waals surface area contributed by atoms with Gasteiger partial charge >= 0.3 is 0 Å². The van der Waals surface area contributed by atoms with Gasteiger partial charge in [0, 0.05) is 16.7 Å². The molecule has 3 heteroatoms. The van der Waals surface area contributed by atoms with Crippen LogP contribution in [0.3, 0.4) is 0 Å². The summed E-state index contributed by atoms with van der Waals surface area (Å²) in [5, 5.41) is 0. The number of nitrogens with two attached hydrogens (primary N) is 1. The van der Waals surface area contributed by atoms with Crippen molar-refractivity contribution in [2.24, 2.45) is 5.73 Å². The molecule has 0 aromatic heterocycles. The molecule has 1 aromatic carbocycles. The van der Waals surface area contributed by atoms with E-state index < -0.39 is 0 Å². The summed E-state index contributed by atoms with van der Waals surface area (Å²) in [4.78, 5) is 1.46. The first-order chi connectivity index (χ1) is 7.31. The average Bonchev–Trinajstić information content (AvgIpc) is 2.29. The van der Waals surface area contributed by atoms with Gasteiger partial charge in [-0.2, -0.15) is 11.8 Å². The Morgan fingerprint density at radius 3 is 3.20 bits per heavy atom. The van der Waals surface area contributed by atoms with Gasteiger partial charge in [-0.25, -0.2) is 0 Å². The molecule has 1 heterocycles. The van der Waals surface area contributed by atoms with Crippen LogP contribution in [0, 0.1) is 0 Å². The molecule has 1 aliphatic rings. The van der Waals surface area contributed by atoms with E-state index in [2.05, 4.69) is 24.5 Å². The molecule has 0 radical (unpaired) electrons. The minimum Gasteiger partial charge on any atom is -0.323 e. The van der Waals surface area contributed by atoms with E-state index in [4.69, 9.17) is 5.73 Å². The number of benzene rings is 1. The highest BCUT2D eigenvalue weighted by atomic mass is 32.2. The molecule has 15 heavy (non-hydrogen) atoms. The standard InChI is InChI=1S/C12H17NS2/c1-14-8-11(13)9-4-5-12-10(7-9)3-2-6-15-12/h4-5,7,11H,2-3,6,8,13H2,1H3. The Balaban J connectivity index is 2.20. The summed E-state index contributed by atoms with van der Waals surface area (Å²) < 4.78 is 0. The minimum absolute atomic E-state index is 0.192. The van der Waals surface area contributed by atoms with Crippen molar-refractivity contribution in [3.05, 3.63) is 29.3 Å². The molecule has 1 aliphatic heterocycles. The zero-order chi connectivity index (χ0) is 10.7. The van der Waals surface area contributed by atoms with Crippen LogP contribution in [0.4, 0.5) is 0 Å². The third-order valence-electron chi connectivity index (χ3n) is 2.71. The van der Waals surface area contributed by atoms with E-state index >= 15 is 0 Å². The van der Waals surface area contributed by atoms with E-state index in [0.29, 0.717) is 0 Å². The molecular weight excluding hydrogens is 222 g/mol. The van der Waals surface area contributed by atoms with Crippen molar-refractivity contribution in [1.29, 1.82) is 0 Å². The third kappa shape index (κ3) is 2.71. The first-order valence-electron chi connectivity index (χ1n) is 5.31. The average molecular weight is 239 g/mol. The summed E-state index contributed by atoms with van der Waals surface area (Å²) >= 11 is 3.79. The van der Waals surface area contributed by atoms with Gasteiger partial charge in [-0.1, -0.05) is 12.1 Å². The highest BCUT2D eigenvalue weighted by molar-refractivity contribution is 7.99. The van der Waals surface area contributed by atoms with Crippen molar-refractivity contribution in [3.63, 3.8) is 0 Å². The van der Waals surface area contributed by atoms with Crippen LogP contribution in [-0.4, -0.2) is 17.8 Å². The molecule has 2 N–H and O–H groups in total. The predicted molar refractivity (Wildman–Crippen MR) is 70.8 cm³/mol. The van der Waals surface area contributed by atoms with Gasteiger partial charge in [-0.3, -0.25) is 0 Å². The summed E-state index contributed by atoms with van der Waals surface area (Å²) in [7, 11) is 0. The van der Waals surface area contributed by atoms with Crippen molar-refractivity contribution in [1.82, 2.24) is 0 Å². The van der Waals surface area contributed by atoms with E-state index in [9.17, 15) is 0 Å². The molecule has 0 amide bonds. The van der Waals surface area contributed by atoms with Gasteiger partial charge in [0.05, 0.1) is 0 Å². The summed E-state index contributed by atoms with van der Waals surface area (Å²) in [6, 6.07) is 6.94. The molecule has 1 aromatic rings. The zero-order valence-corrected chi connectivity index (χ0v) is 10.7. The second-order valence-corrected chi connectivity index (χ2v) is 5.93. The number of thioether (sulfide) groups is 2. The zero-order valence-electron chi connectivity index (χ0n) is 9.03. The molecule has 82 valence electrons. The van der Waals surface area contributed by atoms with Gasteiger partial charge in [0.1, 0.15) is 0 Å². The number of hydrogen-bond acceptors (Lipinski definition) is 3. The minimum atomic E-state index is 0.192. The van der Waals surface area contributed by atoms with Gasteiger partial charge < -0.3 is 5.73 Å².